The molecule has 2 N–H and O–H groups in total. The van der Waals surface area contributed by atoms with Crippen molar-refractivity contribution >= 4 is 35.1 Å². The van der Waals surface area contributed by atoms with E-state index >= 15 is 0 Å². The summed E-state index contributed by atoms with van der Waals surface area (Å²) in [7, 11) is 1.57. The van der Waals surface area contributed by atoms with E-state index in [1.807, 2.05) is 49.4 Å². The molecule has 0 spiro atoms. The van der Waals surface area contributed by atoms with Gasteiger partial charge in [0.15, 0.2) is 16.7 Å². The molecule has 1 aliphatic heterocycles. The van der Waals surface area contributed by atoms with Crippen molar-refractivity contribution in [1.29, 1.82) is 0 Å². The molecule has 2 aromatic carbocycles. The smallest absolute Gasteiger partial charge is 0.257 e. The fourth-order valence-electron chi connectivity index (χ4n) is 3.71. The van der Waals surface area contributed by atoms with Crippen molar-refractivity contribution in [2.75, 3.05) is 19.0 Å². The van der Waals surface area contributed by atoms with Crippen LogP contribution in [0.1, 0.15) is 42.4 Å². The van der Waals surface area contributed by atoms with Crippen molar-refractivity contribution in [2.45, 2.75) is 36.6 Å². The standard InChI is InChI=1S/C24H24ClN3O4S/c1-3-9-32-18-8-7-15(11-19(18)31-2)17-12-20(29)26-22-21(17)23(30)28-24(27-22)33-13-14-5-4-6-16(25)10-14/h4-8,10-11,17H,3,9,12-13H2,1-2H3,(H2,26,27,28,29,30)/t17-/m0/s1. The minimum atomic E-state index is -0.439. The molecular formula is C24H24ClN3O4S. The van der Waals surface area contributed by atoms with Gasteiger partial charge in [-0.2, -0.15) is 0 Å². The first-order valence-corrected chi connectivity index (χ1v) is 12.0. The number of carbonyl (C=O) groups excluding carboxylic acids is 1. The molecular weight excluding hydrogens is 462 g/mol. The van der Waals surface area contributed by atoms with Crippen molar-refractivity contribution in [1.82, 2.24) is 9.97 Å². The van der Waals surface area contributed by atoms with Gasteiger partial charge in [0.25, 0.3) is 5.56 Å². The van der Waals surface area contributed by atoms with Gasteiger partial charge in [-0.15, -0.1) is 0 Å². The second kappa shape index (κ2) is 10.3. The zero-order valence-corrected chi connectivity index (χ0v) is 19.9. The molecule has 1 aliphatic rings. The number of nitrogens with zero attached hydrogens (tertiary/aromatic N) is 1. The number of aromatic amines is 1. The second-order valence-corrected chi connectivity index (χ2v) is 9.02. The van der Waals surface area contributed by atoms with Crippen molar-refractivity contribution < 1.29 is 14.3 Å². The van der Waals surface area contributed by atoms with Crippen molar-refractivity contribution in [3.63, 3.8) is 0 Å². The van der Waals surface area contributed by atoms with Crippen LogP contribution in [-0.2, 0) is 10.5 Å². The van der Waals surface area contributed by atoms with Crippen LogP contribution < -0.4 is 20.3 Å². The van der Waals surface area contributed by atoms with Crippen LogP contribution in [0.25, 0.3) is 0 Å². The van der Waals surface area contributed by atoms with E-state index in [2.05, 4.69) is 15.3 Å². The van der Waals surface area contributed by atoms with Gasteiger partial charge in [0.05, 0.1) is 19.3 Å². The molecule has 172 valence electrons. The lowest BCUT2D eigenvalue weighted by Gasteiger charge is -2.25. The number of methoxy groups -OCH3 is 1. The molecule has 1 atom stereocenters. The monoisotopic (exact) mass is 485 g/mol. The topological polar surface area (TPSA) is 93.3 Å². The van der Waals surface area contributed by atoms with Crippen molar-refractivity contribution in [3.05, 3.63) is 74.5 Å². The number of halogens is 1. The van der Waals surface area contributed by atoms with Crippen LogP contribution in [0.3, 0.4) is 0 Å². The number of nitrogens with one attached hydrogen (secondary N) is 2. The lowest BCUT2D eigenvalue weighted by Crippen LogP contribution is -2.31. The van der Waals surface area contributed by atoms with E-state index in [9.17, 15) is 9.59 Å². The van der Waals surface area contributed by atoms with Gasteiger partial charge in [-0.1, -0.05) is 48.5 Å². The van der Waals surface area contributed by atoms with Gasteiger partial charge in [0.1, 0.15) is 5.82 Å². The van der Waals surface area contributed by atoms with Gasteiger partial charge in [-0.05, 0) is 41.8 Å². The zero-order valence-electron chi connectivity index (χ0n) is 18.3. The Kier molecular flexibility index (Phi) is 7.25. The third-order valence-corrected chi connectivity index (χ3v) is 6.43. The Hall–Kier alpha value is -2.97. The molecule has 7 nitrogen and oxygen atoms in total. The number of rotatable bonds is 8. The van der Waals surface area contributed by atoms with Crippen molar-refractivity contribution in [3.8, 4) is 11.5 Å². The summed E-state index contributed by atoms with van der Waals surface area (Å²) >= 11 is 7.42. The molecule has 0 unspecified atom stereocenters. The molecule has 33 heavy (non-hydrogen) atoms. The van der Waals surface area contributed by atoms with Gasteiger partial charge >= 0.3 is 0 Å². The number of fused-ring (bicyclic) bond motifs is 1. The molecule has 0 aliphatic carbocycles. The summed E-state index contributed by atoms with van der Waals surface area (Å²) in [6.45, 7) is 2.60. The first kappa shape index (κ1) is 23.2. The Morgan fingerprint density at radius 1 is 1.18 bits per heavy atom. The minimum Gasteiger partial charge on any atom is -0.493 e. The molecule has 0 saturated heterocycles. The number of hydrogen-bond acceptors (Lipinski definition) is 6. The quantitative estimate of drug-likeness (QED) is 0.345. The first-order chi connectivity index (χ1) is 16.0. The van der Waals surface area contributed by atoms with Gasteiger partial charge in [-0.25, -0.2) is 4.98 Å². The number of benzene rings is 2. The Bertz CT molecular complexity index is 1230. The molecule has 0 saturated carbocycles. The number of aromatic nitrogens is 2. The fourth-order valence-corrected chi connectivity index (χ4v) is 4.73. The third kappa shape index (κ3) is 5.34. The maximum atomic E-state index is 13.1. The SMILES string of the molecule is CCCOc1ccc([C@@H]2CC(=O)Nc3nc(SCc4cccc(Cl)c4)[nH]c(=O)c32)cc1OC. The highest BCUT2D eigenvalue weighted by Gasteiger charge is 2.31. The van der Waals surface area contributed by atoms with Crippen molar-refractivity contribution in [2.24, 2.45) is 0 Å². The predicted octanol–water partition coefficient (Wildman–Crippen LogP) is 4.99. The predicted molar refractivity (Wildman–Crippen MR) is 130 cm³/mol. The van der Waals surface area contributed by atoms with E-state index in [0.717, 1.165) is 17.5 Å². The highest BCUT2D eigenvalue weighted by Crippen LogP contribution is 2.38. The van der Waals surface area contributed by atoms with E-state index < -0.39 is 5.92 Å². The number of amides is 1. The third-order valence-electron chi connectivity index (χ3n) is 5.25. The first-order valence-electron chi connectivity index (χ1n) is 10.6. The average Bonchev–Trinajstić information content (AvgIpc) is 2.80. The van der Waals surface area contributed by atoms with Gasteiger partial charge < -0.3 is 19.8 Å². The Balaban J connectivity index is 1.63. The number of ether oxygens (including phenoxy) is 2. The lowest BCUT2D eigenvalue weighted by atomic mass is 9.86. The minimum absolute atomic E-state index is 0.144. The summed E-state index contributed by atoms with van der Waals surface area (Å²) in [5.74, 6) is 1.43. The highest BCUT2D eigenvalue weighted by atomic mass is 35.5. The number of H-pyrrole nitrogens is 1. The molecule has 0 bridgehead atoms. The number of carbonyl (C=O) groups is 1. The average molecular weight is 486 g/mol. The van der Waals surface area contributed by atoms with Crippen LogP contribution in [-0.4, -0.2) is 29.6 Å². The van der Waals surface area contributed by atoms with Gasteiger partial charge in [0, 0.05) is 23.1 Å². The van der Waals surface area contributed by atoms with E-state index in [-0.39, 0.29) is 17.9 Å². The number of thioether (sulfide) groups is 1. The lowest BCUT2D eigenvalue weighted by molar-refractivity contribution is -0.116. The number of anilines is 1. The van der Waals surface area contributed by atoms with Crippen LogP contribution in [0.4, 0.5) is 5.82 Å². The molecule has 2 heterocycles. The second-order valence-electron chi connectivity index (χ2n) is 7.62. The molecule has 9 heteroatoms. The van der Waals surface area contributed by atoms with E-state index in [0.29, 0.717) is 45.4 Å². The maximum absolute atomic E-state index is 13.1. The van der Waals surface area contributed by atoms with Crippen LogP contribution in [0.5, 0.6) is 11.5 Å². The summed E-state index contributed by atoms with van der Waals surface area (Å²) in [6, 6.07) is 13.0. The van der Waals surface area contributed by atoms with Crippen LogP contribution in [0, 0.1) is 0 Å². The summed E-state index contributed by atoms with van der Waals surface area (Å²) in [5.41, 5.74) is 1.96. The highest BCUT2D eigenvalue weighted by molar-refractivity contribution is 7.98. The zero-order chi connectivity index (χ0) is 23.4. The Morgan fingerprint density at radius 2 is 2.03 bits per heavy atom. The molecule has 0 radical (unpaired) electrons. The van der Waals surface area contributed by atoms with Crippen LogP contribution in [0.15, 0.2) is 52.4 Å². The Labute approximate surface area is 200 Å². The van der Waals surface area contributed by atoms with E-state index in [1.165, 1.54) is 11.8 Å². The molecule has 0 fully saturated rings. The fraction of sp³-hybridized carbons (Fsp3) is 0.292. The molecule has 1 aromatic heterocycles. The summed E-state index contributed by atoms with van der Waals surface area (Å²) in [4.78, 5) is 32.9. The van der Waals surface area contributed by atoms with Gasteiger partial charge in [-0.3, -0.25) is 9.59 Å². The Morgan fingerprint density at radius 3 is 2.79 bits per heavy atom. The largest absolute Gasteiger partial charge is 0.493 e. The number of hydrogen-bond donors (Lipinski definition) is 2. The summed E-state index contributed by atoms with van der Waals surface area (Å²) < 4.78 is 11.2. The molecule has 4 rings (SSSR count). The summed E-state index contributed by atoms with van der Waals surface area (Å²) in [6.07, 6.45) is 1.02. The maximum Gasteiger partial charge on any atom is 0.257 e. The molecule has 3 aromatic rings. The molecule has 1 amide bonds. The summed E-state index contributed by atoms with van der Waals surface area (Å²) in [5, 5.41) is 3.84. The van der Waals surface area contributed by atoms with Crippen LogP contribution in [0.2, 0.25) is 5.02 Å². The van der Waals surface area contributed by atoms with Crippen LogP contribution >= 0.6 is 23.4 Å². The van der Waals surface area contributed by atoms with E-state index in [1.54, 1.807) is 7.11 Å². The van der Waals surface area contributed by atoms with E-state index in [4.69, 9.17) is 21.1 Å². The van der Waals surface area contributed by atoms with Gasteiger partial charge in [0.2, 0.25) is 5.91 Å². The normalized spacial score (nSPS) is 15.0.